The monoisotopic (exact) mass is 1050 g/mol. The van der Waals surface area contributed by atoms with E-state index in [0.717, 1.165) is 113 Å². The molecule has 0 radical (unpaired) electrons. The maximum Gasteiger partial charge on any atom is 0.483 e. The highest BCUT2D eigenvalue weighted by molar-refractivity contribution is 7.61. The van der Waals surface area contributed by atoms with Gasteiger partial charge in [0.25, 0.3) is 0 Å². The van der Waals surface area contributed by atoms with Crippen LogP contribution in [-0.2, 0) is 32.0 Å². The van der Waals surface area contributed by atoms with Crippen LogP contribution in [0.4, 0.5) is 0 Å². The SMILES string of the molecule is C=C1CC[C@H]2C(C)(C)CCC[C@]2(C)[C@H]1CC/C(C)=C/COP(=O)(O)OP(=O)(O)OC(COC/C=C(\C)CC/C=C(\C)CC/C=C(\C)CCC=C(C)C)OC/C=C(\C)CC/C=C(\C)CC/C=C(\C)CCC=C(C)C. The molecule has 0 saturated heterocycles. The van der Waals surface area contributed by atoms with Gasteiger partial charge in [-0.05, 0) is 214 Å². The minimum atomic E-state index is -5.17. The zero-order valence-electron chi connectivity index (χ0n) is 48.5. The van der Waals surface area contributed by atoms with Crippen LogP contribution in [0, 0.1) is 22.7 Å². The third-order valence-electron chi connectivity index (χ3n) is 15.1. The number of phosphoric ester groups is 2. The summed E-state index contributed by atoms with van der Waals surface area (Å²) >= 11 is 0. The molecular formula is C62H104O9P2. The lowest BCUT2D eigenvalue weighted by molar-refractivity contribution is -0.120. The van der Waals surface area contributed by atoms with Gasteiger partial charge in [0, 0.05) is 0 Å². The zero-order chi connectivity index (χ0) is 54.7. The molecule has 2 aliphatic rings. The maximum atomic E-state index is 13.3. The van der Waals surface area contributed by atoms with Gasteiger partial charge in [-0.15, -0.1) is 0 Å². The van der Waals surface area contributed by atoms with Crippen molar-refractivity contribution in [2.45, 2.75) is 225 Å². The zero-order valence-corrected chi connectivity index (χ0v) is 50.3. The van der Waals surface area contributed by atoms with Crippen LogP contribution in [0.3, 0.4) is 0 Å². The predicted octanol–water partition coefficient (Wildman–Crippen LogP) is 19.4. The van der Waals surface area contributed by atoms with E-state index < -0.39 is 21.9 Å². The Hall–Kier alpha value is -2.42. The molecule has 2 N–H and O–H groups in total. The van der Waals surface area contributed by atoms with Gasteiger partial charge < -0.3 is 19.3 Å². The van der Waals surface area contributed by atoms with Gasteiger partial charge in [-0.1, -0.05) is 144 Å². The third-order valence-corrected chi connectivity index (χ3v) is 17.7. The molecule has 11 heteroatoms. The molecule has 0 heterocycles. The molecule has 0 aromatic rings. The maximum absolute atomic E-state index is 13.3. The van der Waals surface area contributed by atoms with Crippen molar-refractivity contribution in [1.82, 2.24) is 0 Å². The second kappa shape index (κ2) is 34.4. The molecular weight excluding hydrogens is 951 g/mol. The van der Waals surface area contributed by atoms with Gasteiger partial charge >= 0.3 is 15.6 Å². The summed E-state index contributed by atoms with van der Waals surface area (Å²) in [5, 5.41) is 0. The largest absolute Gasteiger partial charge is 0.483 e. The summed E-state index contributed by atoms with van der Waals surface area (Å²) in [7, 11) is -10.2. The highest BCUT2D eigenvalue weighted by Gasteiger charge is 2.52. The summed E-state index contributed by atoms with van der Waals surface area (Å²) in [6, 6.07) is 0. The minimum absolute atomic E-state index is 0.0638. The summed E-state index contributed by atoms with van der Waals surface area (Å²) in [6.45, 7) is 35.0. The van der Waals surface area contributed by atoms with Gasteiger partial charge in [-0.2, -0.15) is 4.31 Å². The van der Waals surface area contributed by atoms with E-state index in [-0.39, 0.29) is 31.8 Å². The Balaban J connectivity index is 2.01. The van der Waals surface area contributed by atoms with Crippen LogP contribution >= 0.6 is 15.6 Å². The van der Waals surface area contributed by atoms with Crippen LogP contribution in [0.15, 0.2) is 117 Å². The molecule has 0 bridgehead atoms. The topological polar surface area (TPSA) is 121 Å². The van der Waals surface area contributed by atoms with Crippen LogP contribution in [0.25, 0.3) is 0 Å². The quantitative estimate of drug-likeness (QED) is 0.0277. The number of hydrogen-bond donors (Lipinski definition) is 2. The molecule has 0 aromatic heterocycles. The van der Waals surface area contributed by atoms with Gasteiger partial charge in [-0.3, -0.25) is 9.05 Å². The molecule has 6 atom stereocenters. The summed E-state index contributed by atoms with van der Waals surface area (Å²) in [5.41, 5.74) is 13.4. The lowest BCUT2D eigenvalue weighted by atomic mass is 9.47. The summed E-state index contributed by atoms with van der Waals surface area (Å²) in [5.74, 6) is 1.07. The number of rotatable bonds is 35. The van der Waals surface area contributed by atoms with E-state index in [1.807, 2.05) is 26.0 Å². The van der Waals surface area contributed by atoms with Crippen LogP contribution < -0.4 is 0 Å². The fraction of sp³-hybridized carbons (Fsp3) is 0.677. The highest BCUT2D eigenvalue weighted by atomic mass is 31.3. The van der Waals surface area contributed by atoms with Crippen molar-refractivity contribution in [2.24, 2.45) is 22.7 Å². The standard InChI is InChI=1S/C62H104O9P2/c1-48(2)23-16-25-50(5)27-18-29-52(7)31-20-33-54(9)39-44-67-47-60(68-45-40-55(10)34-21-32-53(8)30-19-28-51(6)26-17-24-49(3)4)70-73(65,66)71-72(63,64)69-46-41-56(11)35-37-58-57(12)36-38-59-61(13,14)42-22-43-62(58,59)15/h23-24,27-28,31-32,39-41,58-60H,12,16-22,25-26,29-30,33-38,42-47H2,1-11,13-15H3,(H,63,64)(H,65,66)/b50-27+,51-28+,52-31+,53-32+,54-39+,55-40+,56-41+/t58-,59-,60?,62+/m0/s1. The molecule has 3 unspecified atom stereocenters. The van der Waals surface area contributed by atoms with Gasteiger partial charge in [0.05, 0.1) is 26.4 Å². The predicted molar refractivity (Wildman–Crippen MR) is 309 cm³/mol. The average molecular weight is 1060 g/mol. The first-order valence-electron chi connectivity index (χ1n) is 27.7. The lowest BCUT2D eigenvalue weighted by Crippen LogP contribution is -2.49. The second-order valence-electron chi connectivity index (χ2n) is 23.1. The van der Waals surface area contributed by atoms with Crippen molar-refractivity contribution in [3.05, 3.63) is 117 Å². The molecule has 0 amide bonds. The molecule has 9 nitrogen and oxygen atoms in total. The third kappa shape index (κ3) is 29.1. The van der Waals surface area contributed by atoms with Gasteiger partial charge in [0.1, 0.15) is 0 Å². The Bertz CT molecular complexity index is 2090. The first kappa shape index (κ1) is 66.7. The molecule has 0 aliphatic heterocycles. The fourth-order valence-electron chi connectivity index (χ4n) is 10.6. The molecule has 0 aromatic carbocycles. The van der Waals surface area contributed by atoms with Gasteiger partial charge in [0.2, 0.25) is 0 Å². The van der Waals surface area contributed by atoms with Crippen LogP contribution in [0.5, 0.6) is 0 Å². The van der Waals surface area contributed by atoms with Crippen molar-refractivity contribution in [1.29, 1.82) is 0 Å². The first-order valence-corrected chi connectivity index (χ1v) is 30.7. The summed E-state index contributed by atoms with van der Waals surface area (Å²) in [4.78, 5) is 21.4. The van der Waals surface area contributed by atoms with E-state index >= 15 is 0 Å². The smallest absolute Gasteiger partial charge is 0.372 e. The van der Waals surface area contributed by atoms with E-state index in [4.69, 9.17) is 22.8 Å². The van der Waals surface area contributed by atoms with Crippen molar-refractivity contribution in [3.8, 4) is 0 Å². The van der Waals surface area contributed by atoms with E-state index in [1.54, 1.807) is 6.08 Å². The Labute approximate surface area is 446 Å². The van der Waals surface area contributed by atoms with Crippen molar-refractivity contribution in [2.75, 3.05) is 26.4 Å². The van der Waals surface area contributed by atoms with E-state index in [1.165, 1.54) is 64.7 Å². The number of allylic oxidation sites excluding steroid dienone is 16. The van der Waals surface area contributed by atoms with Crippen LogP contribution in [-0.4, -0.2) is 42.5 Å². The van der Waals surface area contributed by atoms with Crippen molar-refractivity contribution >= 4 is 15.6 Å². The van der Waals surface area contributed by atoms with Crippen LogP contribution in [0.2, 0.25) is 0 Å². The van der Waals surface area contributed by atoms with Gasteiger partial charge in [0.15, 0.2) is 6.29 Å². The summed E-state index contributed by atoms with van der Waals surface area (Å²) in [6.07, 6.45) is 37.8. The van der Waals surface area contributed by atoms with Crippen molar-refractivity contribution in [3.63, 3.8) is 0 Å². The van der Waals surface area contributed by atoms with Gasteiger partial charge in [-0.25, -0.2) is 9.13 Å². The highest BCUT2D eigenvalue weighted by Crippen LogP contribution is 2.62. The second-order valence-corrected chi connectivity index (χ2v) is 26.1. The first-order chi connectivity index (χ1) is 34.2. The fourth-order valence-corrected chi connectivity index (χ4v) is 12.7. The van der Waals surface area contributed by atoms with E-state index in [9.17, 15) is 18.9 Å². The number of phosphoric acid groups is 2. The molecule has 2 fully saturated rings. The molecule has 0 spiro atoms. The van der Waals surface area contributed by atoms with E-state index in [2.05, 4.69) is 126 Å². The Kier molecular flexibility index (Phi) is 31.4. The number of hydrogen-bond acceptors (Lipinski definition) is 7. The molecule has 416 valence electrons. The van der Waals surface area contributed by atoms with Crippen LogP contribution in [0.1, 0.15) is 219 Å². The van der Waals surface area contributed by atoms with E-state index in [0.29, 0.717) is 17.3 Å². The normalized spacial score (nSPS) is 22.6. The average Bonchev–Trinajstić information content (AvgIpc) is 3.26. The Morgan fingerprint density at radius 1 is 0.589 bits per heavy atom. The Morgan fingerprint density at radius 2 is 1.01 bits per heavy atom. The Morgan fingerprint density at radius 3 is 1.49 bits per heavy atom. The molecule has 2 aliphatic carbocycles. The summed E-state index contributed by atoms with van der Waals surface area (Å²) < 4.78 is 53.4. The minimum Gasteiger partial charge on any atom is -0.372 e. The number of fused-ring (bicyclic) bond motifs is 1. The number of ether oxygens (including phenoxy) is 2. The van der Waals surface area contributed by atoms with Crippen molar-refractivity contribution < 1.29 is 41.7 Å². The molecule has 2 saturated carbocycles. The lowest BCUT2D eigenvalue weighted by Gasteiger charge is -2.58. The molecule has 73 heavy (non-hydrogen) atoms. The molecule has 2 rings (SSSR count).